The quantitative estimate of drug-likeness (QED) is 0.875. The van der Waals surface area contributed by atoms with Gasteiger partial charge >= 0.3 is 0 Å². The van der Waals surface area contributed by atoms with E-state index in [1.54, 1.807) is 11.8 Å². The molecule has 0 fully saturated rings. The number of benzene rings is 1. The lowest BCUT2D eigenvalue weighted by atomic mass is 10.2. The van der Waals surface area contributed by atoms with E-state index in [9.17, 15) is 4.79 Å². The van der Waals surface area contributed by atoms with Crippen molar-refractivity contribution in [1.29, 1.82) is 0 Å². The second-order valence-corrected chi connectivity index (χ2v) is 3.63. The average Bonchev–Trinajstić information content (AvgIpc) is 2.26. The summed E-state index contributed by atoms with van der Waals surface area (Å²) in [5.41, 5.74) is 6.71. The molecule has 90 valence electrons. The summed E-state index contributed by atoms with van der Waals surface area (Å²) in [5, 5.41) is 0. The summed E-state index contributed by atoms with van der Waals surface area (Å²) >= 11 is 0. The van der Waals surface area contributed by atoms with Gasteiger partial charge in [0.1, 0.15) is 0 Å². The Morgan fingerprint density at radius 1 is 1.38 bits per heavy atom. The van der Waals surface area contributed by atoms with Gasteiger partial charge in [-0.05, 0) is 19.4 Å². The maximum atomic E-state index is 11.7. The van der Waals surface area contributed by atoms with Crippen LogP contribution in [0.15, 0.2) is 30.3 Å². The van der Waals surface area contributed by atoms with Crippen LogP contribution in [0.1, 0.15) is 19.4 Å². The van der Waals surface area contributed by atoms with Crippen LogP contribution in [0.3, 0.4) is 0 Å². The number of nitrogens with zero attached hydrogens (tertiary/aromatic N) is 1. The molecule has 0 aromatic heterocycles. The van der Waals surface area contributed by atoms with Gasteiger partial charge in [0.05, 0.1) is 6.04 Å². The minimum atomic E-state index is -0.423. The molecule has 0 saturated heterocycles. The summed E-state index contributed by atoms with van der Waals surface area (Å²) in [6.07, 6.45) is 0. The van der Waals surface area contributed by atoms with Crippen LogP contribution in [0, 0.1) is 0 Å². The number of hydrogen-bond acceptors (Lipinski definition) is 2. The van der Waals surface area contributed by atoms with Crippen LogP contribution in [0.2, 0.25) is 0 Å². The van der Waals surface area contributed by atoms with Gasteiger partial charge in [-0.3, -0.25) is 4.79 Å². The van der Waals surface area contributed by atoms with Crippen LogP contribution in [0.25, 0.3) is 0 Å². The molecule has 3 nitrogen and oxygen atoms in total. The Morgan fingerprint density at radius 2 is 1.94 bits per heavy atom. The van der Waals surface area contributed by atoms with Crippen LogP contribution in [0.4, 0.5) is 0 Å². The summed E-state index contributed by atoms with van der Waals surface area (Å²) in [5.74, 6) is 0.00125. The van der Waals surface area contributed by atoms with Crippen LogP contribution in [0.5, 0.6) is 0 Å². The SMILES string of the molecule is CCN(Cc1ccccc1)C(=O)C(C)N.Cl. The molecule has 1 atom stereocenters. The molecule has 0 aliphatic rings. The Morgan fingerprint density at radius 3 is 2.38 bits per heavy atom. The molecule has 0 spiro atoms. The van der Waals surface area contributed by atoms with Gasteiger partial charge in [-0.1, -0.05) is 30.3 Å². The lowest BCUT2D eigenvalue weighted by Crippen LogP contribution is -2.41. The van der Waals surface area contributed by atoms with Gasteiger partial charge in [-0.25, -0.2) is 0 Å². The molecular formula is C12H19ClN2O. The molecule has 0 bridgehead atoms. The van der Waals surface area contributed by atoms with Crippen molar-refractivity contribution < 1.29 is 4.79 Å². The predicted molar refractivity (Wildman–Crippen MR) is 68.4 cm³/mol. The molecule has 16 heavy (non-hydrogen) atoms. The normalized spacial score (nSPS) is 11.4. The number of rotatable bonds is 4. The Hall–Kier alpha value is -1.06. The van der Waals surface area contributed by atoms with Gasteiger partial charge in [-0.2, -0.15) is 0 Å². The van der Waals surface area contributed by atoms with Gasteiger partial charge in [-0.15, -0.1) is 12.4 Å². The van der Waals surface area contributed by atoms with Crippen molar-refractivity contribution >= 4 is 18.3 Å². The number of amides is 1. The van der Waals surface area contributed by atoms with E-state index in [1.165, 1.54) is 0 Å². The smallest absolute Gasteiger partial charge is 0.239 e. The van der Waals surface area contributed by atoms with Crippen molar-refractivity contribution in [3.8, 4) is 0 Å². The summed E-state index contributed by atoms with van der Waals surface area (Å²) in [6, 6.07) is 9.51. The number of carbonyl (C=O) groups excluding carboxylic acids is 1. The van der Waals surface area contributed by atoms with Crippen molar-refractivity contribution in [2.24, 2.45) is 5.73 Å². The van der Waals surface area contributed by atoms with Gasteiger partial charge in [0.2, 0.25) is 5.91 Å². The zero-order chi connectivity index (χ0) is 11.3. The van der Waals surface area contributed by atoms with E-state index in [4.69, 9.17) is 5.73 Å². The first-order valence-electron chi connectivity index (χ1n) is 5.23. The Kier molecular flexibility index (Phi) is 6.77. The fraction of sp³-hybridized carbons (Fsp3) is 0.417. The van der Waals surface area contributed by atoms with Crippen LogP contribution in [-0.4, -0.2) is 23.4 Å². The van der Waals surface area contributed by atoms with E-state index in [2.05, 4.69) is 0 Å². The summed E-state index contributed by atoms with van der Waals surface area (Å²) in [7, 11) is 0. The van der Waals surface area contributed by atoms with Gasteiger partial charge in [0.25, 0.3) is 0 Å². The molecular weight excluding hydrogens is 224 g/mol. The van der Waals surface area contributed by atoms with E-state index >= 15 is 0 Å². The highest BCUT2D eigenvalue weighted by Crippen LogP contribution is 2.05. The predicted octanol–water partition coefficient (Wildman–Crippen LogP) is 1.80. The highest BCUT2D eigenvalue weighted by molar-refractivity contribution is 5.85. The minimum Gasteiger partial charge on any atom is -0.337 e. The standard InChI is InChI=1S/C12H18N2O.ClH/c1-3-14(12(15)10(2)13)9-11-7-5-4-6-8-11;/h4-8,10H,3,9,13H2,1-2H3;1H. The molecule has 4 heteroatoms. The largest absolute Gasteiger partial charge is 0.337 e. The van der Waals surface area contributed by atoms with Crippen molar-refractivity contribution in [1.82, 2.24) is 4.90 Å². The first kappa shape index (κ1) is 14.9. The van der Waals surface area contributed by atoms with Crippen molar-refractivity contribution in [3.63, 3.8) is 0 Å². The zero-order valence-electron chi connectivity index (χ0n) is 9.72. The number of nitrogens with two attached hydrogens (primary N) is 1. The van der Waals surface area contributed by atoms with Crippen molar-refractivity contribution in [2.75, 3.05) is 6.54 Å². The molecule has 1 rings (SSSR count). The molecule has 0 aliphatic carbocycles. The Balaban J connectivity index is 0.00000225. The number of halogens is 1. The first-order chi connectivity index (χ1) is 7.15. The van der Waals surface area contributed by atoms with Crippen LogP contribution in [-0.2, 0) is 11.3 Å². The molecule has 1 amide bonds. The van der Waals surface area contributed by atoms with Gasteiger partial charge in [0, 0.05) is 13.1 Å². The summed E-state index contributed by atoms with van der Waals surface area (Å²) in [4.78, 5) is 13.4. The summed E-state index contributed by atoms with van der Waals surface area (Å²) in [6.45, 7) is 5.01. The van der Waals surface area contributed by atoms with Crippen LogP contribution >= 0.6 is 12.4 Å². The first-order valence-corrected chi connectivity index (χ1v) is 5.23. The Bertz CT molecular complexity index is 314. The van der Waals surface area contributed by atoms with Gasteiger partial charge in [0.15, 0.2) is 0 Å². The highest BCUT2D eigenvalue weighted by atomic mass is 35.5. The molecule has 0 saturated carbocycles. The van der Waals surface area contributed by atoms with Crippen molar-refractivity contribution in [3.05, 3.63) is 35.9 Å². The second-order valence-electron chi connectivity index (χ2n) is 3.63. The van der Waals surface area contributed by atoms with E-state index in [1.807, 2.05) is 37.3 Å². The molecule has 1 aromatic rings. The molecule has 1 unspecified atom stereocenters. The third-order valence-corrected chi connectivity index (χ3v) is 2.30. The average molecular weight is 243 g/mol. The van der Waals surface area contributed by atoms with Crippen LogP contribution < -0.4 is 5.73 Å². The number of hydrogen-bond donors (Lipinski definition) is 1. The maximum Gasteiger partial charge on any atom is 0.239 e. The van der Waals surface area contributed by atoms with E-state index in [0.717, 1.165) is 5.56 Å². The highest BCUT2D eigenvalue weighted by Gasteiger charge is 2.15. The monoisotopic (exact) mass is 242 g/mol. The molecule has 0 heterocycles. The van der Waals surface area contributed by atoms with E-state index in [-0.39, 0.29) is 18.3 Å². The van der Waals surface area contributed by atoms with Gasteiger partial charge < -0.3 is 10.6 Å². The van der Waals surface area contributed by atoms with E-state index < -0.39 is 6.04 Å². The topological polar surface area (TPSA) is 46.3 Å². The Labute approximate surface area is 103 Å². The zero-order valence-corrected chi connectivity index (χ0v) is 10.5. The molecule has 0 radical (unpaired) electrons. The molecule has 0 aliphatic heterocycles. The fourth-order valence-corrected chi connectivity index (χ4v) is 1.44. The lowest BCUT2D eigenvalue weighted by molar-refractivity contribution is -0.132. The maximum absolute atomic E-state index is 11.7. The number of likely N-dealkylation sites (N-methyl/N-ethyl adjacent to an activating group) is 1. The van der Waals surface area contributed by atoms with Crippen molar-refractivity contribution in [2.45, 2.75) is 26.4 Å². The fourth-order valence-electron chi connectivity index (χ4n) is 1.44. The minimum absolute atomic E-state index is 0. The summed E-state index contributed by atoms with van der Waals surface area (Å²) < 4.78 is 0. The van der Waals surface area contributed by atoms with E-state index in [0.29, 0.717) is 13.1 Å². The third kappa shape index (κ3) is 4.21. The third-order valence-electron chi connectivity index (χ3n) is 2.30. The lowest BCUT2D eigenvalue weighted by Gasteiger charge is -2.22. The number of carbonyl (C=O) groups is 1. The molecule has 1 aromatic carbocycles. The molecule has 2 N–H and O–H groups in total. The second kappa shape index (κ2) is 7.25.